The van der Waals surface area contributed by atoms with Crippen LogP contribution in [0, 0.1) is 11.8 Å². The first-order chi connectivity index (χ1) is 10.2. The van der Waals surface area contributed by atoms with Crippen molar-refractivity contribution in [2.75, 3.05) is 26.2 Å². The summed E-state index contributed by atoms with van der Waals surface area (Å²) in [7, 11) is 0. The van der Waals surface area contributed by atoms with Crippen LogP contribution in [0.25, 0.3) is 0 Å². The Morgan fingerprint density at radius 2 is 2.48 bits per heavy atom. The molecule has 112 valence electrons. The molecule has 0 aliphatic carbocycles. The van der Waals surface area contributed by atoms with Crippen LogP contribution in [-0.2, 0) is 0 Å². The maximum absolute atomic E-state index is 12.4. The molecule has 1 unspecified atom stereocenters. The van der Waals surface area contributed by atoms with Crippen LogP contribution in [-0.4, -0.2) is 48.0 Å². The second-order valence-corrected chi connectivity index (χ2v) is 5.13. The minimum absolute atomic E-state index is 0.0818. The molecule has 0 radical (unpaired) electrons. The van der Waals surface area contributed by atoms with Gasteiger partial charge in [-0.1, -0.05) is 18.8 Å². The van der Waals surface area contributed by atoms with Crippen LogP contribution in [0.4, 0.5) is 0 Å². The Kier molecular flexibility index (Phi) is 5.73. The monoisotopic (exact) mass is 286 g/mol. The largest absolute Gasteiger partial charge is 0.348 e. The lowest BCUT2D eigenvalue weighted by Crippen LogP contribution is -2.47. The van der Waals surface area contributed by atoms with Gasteiger partial charge < -0.3 is 16.0 Å². The van der Waals surface area contributed by atoms with Gasteiger partial charge in [-0.3, -0.25) is 9.78 Å². The van der Waals surface area contributed by atoms with Crippen molar-refractivity contribution in [3.63, 3.8) is 0 Å². The molecular weight excluding hydrogens is 264 g/mol. The summed E-state index contributed by atoms with van der Waals surface area (Å²) in [5.74, 6) is 5.59. The van der Waals surface area contributed by atoms with Crippen LogP contribution in [0.3, 0.4) is 0 Å². The van der Waals surface area contributed by atoms with E-state index in [0.29, 0.717) is 11.1 Å². The van der Waals surface area contributed by atoms with Crippen molar-refractivity contribution in [3.05, 3.63) is 29.6 Å². The molecule has 1 aromatic heterocycles. The van der Waals surface area contributed by atoms with Gasteiger partial charge in [-0.2, -0.15) is 0 Å². The summed E-state index contributed by atoms with van der Waals surface area (Å²) in [4.78, 5) is 18.8. The minimum Gasteiger partial charge on any atom is -0.348 e. The Morgan fingerprint density at radius 1 is 1.62 bits per heavy atom. The van der Waals surface area contributed by atoms with E-state index >= 15 is 0 Å². The molecule has 1 aliphatic heterocycles. The summed E-state index contributed by atoms with van der Waals surface area (Å²) in [5, 5.41) is 3.11. The summed E-state index contributed by atoms with van der Waals surface area (Å²) < 4.78 is 0. The Labute approximate surface area is 125 Å². The van der Waals surface area contributed by atoms with E-state index in [4.69, 9.17) is 5.73 Å². The number of hydrogen-bond donors (Lipinski definition) is 2. The second kappa shape index (κ2) is 7.77. The van der Waals surface area contributed by atoms with Crippen LogP contribution in [0.15, 0.2) is 18.5 Å². The van der Waals surface area contributed by atoms with Crippen molar-refractivity contribution in [3.8, 4) is 11.8 Å². The van der Waals surface area contributed by atoms with Gasteiger partial charge in [-0.05, 0) is 32.0 Å². The van der Waals surface area contributed by atoms with E-state index in [0.717, 1.165) is 32.5 Å². The van der Waals surface area contributed by atoms with Crippen molar-refractivity contribution in [1.29, 1.82) is 0 Å². The first kappa shape index (κ1) is 15.5. The molecule has 0 saturated carbocycles. The summed E-state index contributed by atoms with van der Waals surface area (Å²) in [6.07, 6.45) is 5.37. The Bertz CT molecular complexity index is 547. The molecule has 5 heteroatoms. The number of nitrogens with one attached hydrogen (secondary N) is 1. The first-order valence-electron chi connectivity index (χ1n) is 7.40. The van der Waals surface area contributed by atoms with Crippen molar-refractivity contribution >= 4 is 5.91 Å². The van der Waals surface area contributed by atoms with Crippen molar-refractivity contribution in [2.24, 2.45) is 5.73 Å². The number of piperidine rings is 1. The average Bonchev–Trinajstić information content (AvgIpc) is 2.53. The molecule has 2 rings (SSSR count). The molecule has 0 bridgehead atoms. The number of nitrogens with two attached hydrogens (primary N) is 1. The standard InChI is InChI=1S/C16H22N4O/c1-2-20-10-4-6-14(12-20)19-16(21)15-7-9-18-11-13(15)5-3-8-17/h7,9,11,14H,2,4,6,8,10,12,17H2,1H3,(H,19,21). The van der Waals surface area contributed by atoms with Gasteiger partial charge in [0.25, 0.3) is 5.91 Å². The molecule has 1 fully saturated rings. The van der Waals surface area contributed by atoms with E-state index < -0.39 is 0 Å². The van der Waals surface area contributed by atoms with Gasteiger partial charge in [0.15, 0.2) is 0 Å². The predicted octanol–water partition coefficient (Wildman–Crippen LogP) is 0.606. The molecule has 1 amide bonds. The third-order valence-corrected chi connectivity index (χ3v) is 3.68. The van der Waals surface area contributed by atoms with Crippen LogP contribution >= 0.6 is 0 Å². The third-order valence-electron chi connectivity index (χ3n) is 3.68. The van der Waals surface area contributed by atoms with Crippen LogP contribution in [0.1, 0.15) is 35.7 Å². The molecule has 2 heterocycles. The lowest BCUT2D eigenvalue weighted by atomic mass is 10.0. The fraction of sp³-hybridized carbons (Fsp3) is 0.500. The van der Waals surface area contributed by atoms with Crippen LogP contribution in [0.5, 0.6) is 0 Å². The second-order valence-electron chi connectivity index (χ2n) is 5.13. The topological polar surface area (TPSA) is 71.2 Å². The number of likely N-dealkylation sites (N-methyl/N-ethyl adjacent to an activating group) is 1. The highest BCUT2D eigenvalue weighted by Gasteiger charge is 2.21. The van der Waals surface area contributed by atoms with Gasteiger partial charge in [-0.25, -0.2) is 0 Å². The molecule has 3 N–H and O–H groups in total. The fourth-order valence-electron chi connectivity index (χ4n) is 2.56. The minimum atomic E-state index is -0.0818. The molecule has 21 heavy (non-hydrogen) atoms. The maximum Gasteiger partial charge on any atom is 0.252 e. The first-order valence-corrected chi connectivity index (χ1v) is 7.40. The summed E-state index contributed by atoms with van der Waals surface area (Å²) in [5.41, 5.74) is 6.58. The number of nitrogens with zero attached hydrogens (tertiary/aromatic N) is 2. The van der Waals surface area contributed by atoms with Gasteiger partial charge in [-0.15, -0.1) is 0 Å². The average molecular weight is 286 g/mol. The number of aromatic nitrogens is 1. The zero-order chi connectivity index (χ0) is 15.1. The number of carbonyl (C=O) groups is 1. The maximum atomic E-state index is 12.4. The highest BCUT2D eigenvalue weighted by Crippen LogP contribution is 2.11. The predicted molar refractivity (Wildman–Crippen MR) is 82.8 cm³/mol. The molecule has 1 aliphatic rings. The van der Waals surface area contributed by atoms with E-state index in [-0.39, 0.29) is 18.5 Å². The number of hydrogen-bond acceptors (Lipinski definition) is 4. The Balaban J connectivity index is 2.06. The van der Waals surface area contributed by atoms with Gasteiger partial charge >= 0.3 is 0 Å². The summed E-state index contributed by atoms with van der Waals surface area (Å²) >= 11 is 0. The Hall–Kier alpha value is -1.90. The van der Waals surface area contributed by atoms with E-state index in [1.165, 1.54) is 0 Å². The third kappa shape index (κ3) is 4.28. The number of likely N-dealkylation sites (tertiary alicyclic amines) is 1. The zero-order valence-corrected chi connectivity index (χ0v) is 12.4. The van der Waals surface area contributed by atoms with E-state index in [1.807, 2.05) is 0 Å². The van der Waals surface area contributed by atoms with Crippen molar-refractivity contribution < 1.29 is 4.79 Å². The number of carbonyl (C=O) groups excluding carboxylic acids is 1. The van der Waals surface area contributed by atoms with E-state index in [2.05, 4.69) is 34.0 Å². The lowest BCUT2D eigenvalue weighted by Gasteiger charge is -2.32. The van der Waals surface area contributed by atoms with Crippen LogP contribution in [0.2, 0.25) is 0 Å². The van der Waals surface area contributed by atoms with E-state index in [9.17, 15) is 4.79 Å². The van der Waals surface area contributed by atoms with Crippen molar-refractivity contribution in [2.45, 2.75) is 25.8 Å². The SMILES string of the molecule is CCN1CCCC(NC(=O)c2ccncc2C#CCN)C1. The molecule has 0 aromatic carbocycles. The summed E-state index contributed by atoms with van der Waals surface area (Å²) in [6, 6.07) is 1.91. The van der Waals surface area contributed by atoms with Crippen LogP contribution < -0.4 is 11.1 Å². The highest BCUT2D eigenvalue weighted by molar-refractivity contribution is 5.96. The van der Waals surface area contributed by atoms with Gasteiger partial charge in [0.1, 0.15) is 0 Å². The molecule has 5 nitrogen and oxygen atoms in total. The molecule has 0 spiro atoms. The quantitative estimate of drug-likeness (QED) is 0.799. The molecule has 1 atom stereocenters. The highest BCUT2D eigenvalue weighted by atomic mass is 16.1. The van der Waals surface area contributed by atoms with Gasteiger partial charge in [0.05, 0.1) is 17.7 Å². The molecular formula is C16H22N4O. The zero-order valence-electron chi connectivity index (χ0n) is 12.4. The molecule has 1 saturated heterocycles. The van der Waals surface area contributed by atoms with E-state index in [1.54, 1.807) is 18.5 Å². The molecule has 1 aromatic rings. The van der Waals surface area contributed by atoms with Gasteiger partial charge in [0, 0.05) is 25.0 Å². The number of pyridine rings is 1. The van der Waals surface area contributed by atoms with Crippen molar-refractivity contribution in [1.82, 2.24) is 15.2 Å². The Morgan fingerprint density at radius 3 is 3.24 bits per heavy atom. The number of amides is 1. The smallest absolute Gasteiger partial charge is 0.252 e. The van der Waals surface area contributed by atoms with Gasteiger partial charge in [0.2, 0.25) is 0 Å². The number of rotatable bonds is 3. The fourth-order valence-corrected chi connectivity index (χ4v) is 2.56. The summed E-state index contributed by atoms with van der Waals surface area (Å²) in [6.45, 7) is 5.47. The lowest BCUT2D eigenvalue weighted by molar-refractivity contribution is 0.0905. The normalized spacial score (nSPS) is 18.7.